The van der Waals surface area contributed by atoms with Crippen molar-refractivity contribution in [3.63, 3.8) is 0 Å². The maximum absolute atomic E-state index is 11.8. The van der Waals surface area contributed by atoms with E-state index < -0.39 is 5.60 Å². The van der Waals surface area contributed by atoms with Crippen LogP contribution < -0.4 is 11.1 Å². The highest BCUT2D eigenvalue weighted by Crippen LogP contribution is 2.16. The molecule has 0 heterocycles. The van der Waals surface area contributed by atoms with Crippen LogP contribution in [-0.2, 0) is 4.79 Å². The van der Waals surface area contributed by atoms with Gasteiger partial charge in [0.1, 0.15) is 0 Å². The van der Waals surface area contributed by atoms with E-state index in [2.05, 4.69) is 5.32 Å². The number of aryl methyl sites for hydroxylation is 1. The van der Waals surface area contributed by atoms with Gasteiger partial charge in [0.05, 0.1) is 12.1 Å². The normalized spacial score (nSPS) is 11.7. The van der Waals surface area contributed by atoms with Crippen molar-refractivity contribution in [1.82, 2.24) is 4.90 Å². The van der Waals surface area contributed by atoms with Gasteiger partial charge in [-0.3, -0.25) is 9.69 Å². The zero-order valence-electron chi connectivity index (χ0n) is 12.0. The Labute approximate surface area is 114 Å². The molecule has 1 amide bonds. The van der Waals surface area contributed by atoms with Crippen molar-refractivity contribution in [3.8, 4) is 0 Å². The first-order chi connectivity index (χ1) is 8.67. The van der Waals surface area contributed by atoms with Crippen LogP contribution in [0.3, 0.4) is 0 Å². The second-order valence-electron chi connectivity index (χ2n) is 5.60. The van der Waals surface area contributed by atoms with Crippen LogP contribution in [0.15, 0.2) is 18.2 Å². The first-order valence-electron chi connectivity index (χ1n) is 6.24. The minimum atomic E-state index is -0.816. The Kier molecular flexibility index (Phi) is 4.91. The monoisotopic (exact) mass is 265 g/mol. The number of amides is 1. The summed E-state index contributed by atoms with van der Waals surface area (Å²) in [5, 5.41) is 12.5. The summed E-state index contributed by atoms with van der Waals surface area (Å²) in [5.41, 5.74) is 7.29. The van der Waals surface area contributed by atoms with Crippen molar-refractivity contribution >= 4 is 17.3 Å². The van der Waals surface area contributed by atoms with Crippen LogP contribution in [0.2, 0.25) is 0 Å². The summed E-state index contributed by atoms with van der Waals surface area (Å²) in [6, 6.07) is 5.42. The summed E-state index contributed by atoms with van der Waals surface area (Å²) in [4.78, 5) is 13.6. The van der Waals surface area contributed by atoms with E-state index in [1.54, 1.807) is 31.9 Å². The van der Waals surface area contributed by atoms with Gasteiger partial charge in [-0.25, -0.2) is 0 Å². The average molecular weight is 265 g/mol. The van der Waals surface area contributed by atoms with Crippen LogP contribution >= 0.6 is 0 Å². The van der Waals surface area contributed by atoms with Crippen LogP contribution in [-0.4, -0.2) is 41.7 Å². The van der Waals surface area contributed by atoms with Gasteiger partial charge in [0.2, 0.25) is 5.91 Å². The maximum Gasteiger partial charge on any atom is 0.238 e. The first-order valence-corrected chi connectivity index (χ1v) is 6.24. The van der Waals surface area contributed by atoms with E-state index >= 15 is 0 Å². The molecule has 0 aromatic heterocycles. The van der Waals surface area contributed by atoms with Crippen molar-refractivity contribution in [3.05, 3.63) is 23.8 Å². The Hall–Kier alpha value is -1.59. The summed E-state index contributed by atoms with van der Waals surface area (Å²) in [7, 11) is 1.79. The predicted octanol–water partition coefficient (Wildman–Crippen LogP) is 1.22. The van der Waals surface area contributed by atoms with Crippen LogP contribution in [0.25, 0.3) is 0 Å². The quantitative estimate of drug-likeness (QED) is 0.699. The second-order valence-corrected chi connectivity index (χ2v) is 5.60. The molecule has 5 nitrogen and oxygen atoms in total. The van der Waals surface area contributed by atoms with Crippen LogP contribution in [0, 0.1) is 6.92 Å². The zero-order valence-corrected chi connectivity index (χ0v) is 12.0. The van der Waals surface area contributed by atoms with Gasteiger partial charge < -0.3 is 16.2 Å². The van der Waals surface area contributed by atoms with Gasteiger partial charge in [0.15, 0.2) is 0 Å². The number of anilines is 2. The van der Waals surface area contributed by atoms with E-state index in [1.807, 2.05) is 19.1 Å². The Morgan fingerprint density at radius 3 is 2.63 bits per heavy atom. The number of rotatable bonds is 5. The minimum Gasteiger partial charge on any atom is -0.398 e. The third-order valence-electron chi connectivity index (χ3n) is 2.63. The number of nitrogens with zero attached hydrogens (tertiary/aromatic N) is 1. The molecule has 1 aromatic carbocycles. The van der Waals surface area contributed by atoms with E-state index in [0.29, 0.717) is 17.9 Å². The number of benzene rings is 1. The zero-order chi connectivity index (χ0) is 14.6. The number of hydrogen-bond acceptors (Lipinski definition) is 4. The van der Waals surface area contributed by atoms with Crippen molar-refractivity contribution in [2.24, 2.45) is 0 Å². The number of hydrogen-bond donors (Lipinski definition) is 3. The average Bonchev–Trinajstić information content (AvgIpc) is 2.20. The number of aliphatic hydroxyl groups is 1. The highest BCUT2D eigenvalue weighted by molar-refractivity contribution is 5.92. The number of nitrogen functional groups attached to an aromatic ring is 1. The Morgan fingerprint density at radius 1 is 1.47 bits per heavy atom. The number of carbonyl (C=O) groups is 1. The lowest BCUT2D eigenvalue weighted by Crippen LogP contribution is -2.40. The van der Waals surface area contributed by atoms with E-state index in [-0.39, 0.29) is 12.5 Å². The largest absolute Gasteiger partial charge is 0.398 e. The summed E-state index contributed by atoms with van der Waals surface area (Å²) >= 11 is 0. The highest BCUT2D eigenvalue weighted by atomic mass is 16.3. The molecular weight excluding hydrogens is 242 g/mol. The molecule has 0 saturated heterocycles. The molecule has 0 unspecified atom stereocenters. The van der Waals surface area contributed by atoms with Crippen LogP contribution in [0.1, 0.15) is 19.4 Å². The standard InChI is InChI=1S/C14H23N3O2/c1-10-5-6-11(7-12(10)15)16-13(18)8-17(4)9-14(2,3)19/h5-7,19H,8-9,15H2,1-4H3,(H,16,18). The molecule has 0 atom stereocenters. The molecular formula is C14H23N3O2. The van der Waals surface area contributed by atoms with Gasteiger partial charge in [-0.15, -0.1) is 0 Å². The molecule has 0 radical (unpaired) electrons. The summed E-state index contributed by atoms with van der Waals surface area (Å²) in [5.74, 6) is -0.130. The maximum atomic E-state index is 11.8. The van der Waals surface area contributed by atoms with Gasteiger partial charge >= 0.3 is 0 Å². The van der Waals surface area contributed by atoms with Gasteiger partial charge in [0, 0.05) is 17.9 Å². The molecule has 1 rings (SSSR count). The van der Waals surface area contributed by atoms with E-state index in [1.165, 1.54) is 0 Å². The van der Waals surface area contributed by atoms with E-state index in [9.17, 15) is 9.90 Å². The Morgan fingerprint density at radius 2 is 2.11 bits per heavy atom. The minimum absolute atomic E-state index is 0.130. The molecule has 4 N–H and O–H groups in total. The SMILES string of the molecule is Cc1ccc(NC(=O)CN(C)CC(C)(C)O)cc1N. The fraction of sp³-hybridized carbons (Fsp3) is 0.500. The van der Waals surface area contributed by atoms with E-state index in [0.717, 1.165) is 5.56 Å². The molecule has 0 aliphatic carbocycles. The molecule has 0 fully saturated rings. The van der Waals surface area contributed by atoms with E-state index in [4.69, 9.17) is 5.73 Å². The van der Waals surface area contributed by atoms with Gasteiger partial charge in [-0.2, -0.15) is 0 Å². The number of nitrogens with two attached hydrogens (primary N) is 1. The number of likely N-dealkylation sites (N-methyl/N-ethyl adjacent to an activating group) is 1. The lowest BCUT2D eigenvalue weighted by molar-refractivity contribution is -0.117. The lowest BCUT2D eigenvalue weighted by atomic mass is 10.1. The molecule has 19 heavy (non-hydrogen) atoms. The Bertz CT molecular complexity index is 452. The fourth-order valence-corrected chi connectivity index (χ4v) is 1.88. The Balaban J connectivity index is 2.53. The third-order valence-corrected chi connectivity index (χ3v) is 2.63. The molecule has 5 heteroatoms. The molecule has 0 aliphatic heterocycles. The number of carbonyl (C=O) groups excluding carboxylic acids is 1. The molecule has 106 valence electrons. The van der Waals surface area contributed by atoms with Crippen molar-refractivity contribution < 1.29 is 9.90 Å². The smallest absolute Gasteiger partial charge is 0.238 e. The molecule has 1 aromatic rings. The second kappa shape index (κ2) is 6.04. The fourth-order valence-electron chi connectivity index (χ4n) is 1.88. The molecule has 0 aliphatic rings. The third kappa shape index (κ3) is 5.72. The molecule has 0 saturated carbocycles. The summed E-state index contributed by atoms with van der Waals surface area (Å²) in [6.45, 7) is 5.98. The first kappa shape index (κ1) is 15.5. The summed E-state index contributed by atoms with van der Waals surface area (Å²) in [6.07, 6.45) is 0. The lowest BCUT2D eigenvalue weighted by Gasteiger charge is -2.24. The van der Waals surface area contributed by atoms with Crippen molar-refractivity contribution in [2.75, 3.05) is 31.2 Å². The van der Waals surface area contributed by atoms with Gasteiger partial charge in [-0.1, -0.05) is 6.07 Å². The predicted molar refractivity (Wildman–Crippen MR) is 78.0 cm³/mol. The van der Waals surface area contributed by atoms with Gasteiger partial charge in [0.25, 0.3) is 0 Å². The molecule has 0 spiro atoms. The topological polar surface area (TPSA) is 78.6 Å². The summed E-state index contributed by atoms with van der Waals surface area (Å²) < 4.78 is 0. The number of nitrogens with one attached hydrogen (secondary N) is 1. The van der Waals surface area contributed by atoms with Gasteiger partial charge in [-0.05, 0) is 45.5 Å². The van der Waals surface area contributed by atoms with Crippen molar-refractivity contribution in [1.29, 1.82) is 0 Å². The van der Waals surface area contributed by atoms with Crippen LogP contribution in [0.4, 0.5) is 11.4 Å². The van der Waals surface area contributed by atoms with Crippen LogP contribution in [0.5, 0.6) is 0 Å². The highest BCUT2D eigenvalue weighted by Gasteiger charge is 2.17. The van der Waals surface area contributed by atoms with Crippen molar-refractivity contribution in [2.45, 2.75) is 26.4 Å². The molecule has 0 bridgehead atoms.